The van der Waals surface area contributed by atoms with Crippen LogP contribution in [0.2, 0.25) is 0 Å². The van der Waals surface area contributed by atoms with Crippen LogP contribution in [0.5, 0.6) is 0 Å². The molecule has 21 heavy (non-hydrogen) atoms. The minimum absolute atomic E-state index is 0.147. The van der Waals surface area contributed by atoms with Crippen molar-refractivity contribution in [1.29, 1.82) is 0 Å². The molecule has 0 aromatic carbocycles. The van der Waals surface area contributed by atoms with Crippen molar-refractivity contribution in [3.8, 4) is 0 Å². The monoisotopic (exact) mass is 306 g/mol. The largest absolute Gasteiger partial charge is 0.329 e. The average Bonchev–Trinajstić information content (AvgIpc) is 2.90. The maximum absolute atomic E-state index is 12.8. The summed E-state index contributed by atoms with van der Waals surface area (Å²) in [6.45, 7) is 5.39. The van der Waals surface area contributed by atoms with E-state index in [9.17, 15) is 9.59 Å². The molecular weight excluding hydrogens is 284 g/mol. The Bertz CT molecular complexity index is 554. The number of carbonyl (C=O) groups is 2. The Hall–Kier alpha value is -1.36. The molecular formula is C16H22N2O2S. The third-order valence-electron chi connectivity index (χ3n) is 4.68. The predicted octanol–water partition coefficient (Wildman–Crippen LogP) is 2.56. The van der Waals surface area contributed by atoms with Gasteiger partial charge in [0.15, 0.2) is 0 Å². The molecule has 2 atom stereocenters. The zero-order valence-electron chi connectivity index (χ0n) is 12.7. The lowest BCUT2D eigenvalue weighted by molar-refractivity contribution is -0.164. The molecule has 2 unspecified atom stereocenters. The van der Waals surface area contributed by atoms with Crippen LogP contribution in [0.15, 0.2) is 11.4 Å². The molecule has 0 spiro atoms. The van der Waals surface area contributed by atoms with Gasteiger partial charge < -0.3 is 9.80 Å². The number of piperazine rings is 1. The topological polar surface area (TPSA) is 40.6 Å². The SMILES string of the molecule is CCC1C(=O)N2CCCCC2C(=O)N1Cc1sccc1C. The molecule has 2 saturated heterocycles. The Kier molecular flexibility index (Phi) is 4.02. The van der Waals surface area contributed by atoms with Crippen LogP contribution >= 0.6 is 11.3 Å². The van der Waals surface area contributed by atoms with Crippen molar-refractivity contribution in [3.63, 3.8) is 0 Å². The minimum atomic E-state index is -0.284. The molecule has 2 amide bonds. The fourth-order valence-electron chi connectivity index (χ4n) is 3.43. The molecule has 0 bridgehead atoms. The summed E-state index contributed by atoms with van der Waals surface area (Å²) in [7, 11) is 0. The molecule has 1 aromatic rings. The molecule has 0 N–H and O–H groups in total. The number of thiophene rings is 1. The second-order valence-electron chi connectivity index (χ2n) is 5.96. The Labute approximate surface area is 129 Å². The first kappa shape index (κ1) is 14.6. The van der Waals surface area contributed by atoms with E-state index < -0.39 is 0 Å². The van der Waals surface area contributed by atoms with E-state index in [-0.39, 0.29) is 23.9 Å². The van der Waals surface area contributed by atoms with Crippen LogP contribution in [0.1, 0.15) is 43.0 Å². The highest BCUT2D eigenvalue weighted by Crippen LogP contribution is 2.30. The summed E-state index contributed by atoms with van der Waals surface area (Å²) in [5, 5.41) is 2.05. The van der Waals surface area contributed by atoms with Crippen molar-refractivity contribution in [3.05, 3.63) is 21.9 Å². The van der Waals surface area contributed by atoms with Gasteiger partial charge >= 0.3 is 0 Å². The number of nitrogens with zero attached hydrogens (tertiary/aromatic N) is 2. The Morgan fingerprint density at radius 2 is 2.10 bits per heavy atom. The summed E-state index contributed by atoms with van der Waals surface area (Å²) >= 11 is 1.67. The van der Waals surface area contributed by atoms with Gasteiger partial charge in [0.25, 0.3) is 0 Å². The van der Waals surface area contributed by atoms with Gasteiger partial charge in [0, 0.05) is 11.4 Å². The highest BCUT2D eigenvalue weighted by molar-refractivity contribution is 7.10. The first-order chi connectivity index (χ1) is 10.1. The fraction of sp³-hybridized carbons (Fsp3) is 0.625. The summed E-state index contributed by atoms with van der Waals surface area (Å²) in [5.41, 5.74) is 1.21. The van der Waals surface area contributed by atoms with Crippen molar-refractivity contribution in [2.24, 2.45) is 0 Å². The Morgan fingerprint density at radius 3 is 2.76 bits per heavy atom. The summed E-state index contributed by atoms with van der Waals surface area (Å²) in [4.78, 5) is 30.4. The fourth-order valence-corrected chi connectivity index (χ4v) is 4.33. The van der Waals surface area contributed by atoms with E-state index in [0.29, 0.717) is 13.0 Å². The second kappa shape index (κ2) is 5.79. The lowest BCUT2D eigenvalue weighted by atomic mass is 9.94. The first-order valence-electron chi connectivity index (χ1n) is 7.77. The van der Waals surface area contributed by atoms with Crippen molar-refractivity contribution in [1.82, 2.24) is 9.80 Å². The third-order valence-corrected chi connectivity index (χ3v) is 5.69. The molecule has 0 aliphatic carbocycles. The van der Waals surface area contributed by atoms with Gasteiger partial charge in [-0.25, -0.2) is 0 Å². The number of fused-ring (bicyclic) bond motifs is 1. The molecule has 3 heterocycles. The Morgan fingerprint density at radius 1 is 1.29 bits per heavy atom. The van der Waals surface area contributed by atoms with Gasteiger partial charge in [-0.3, -0.25) is 9.59 Å². The number of hydrogen-bond donors (Lipinski definition) is 0. The number of hydrogen-bond acceptors (Lipinski definition) is 3. The van der Waals surface area contributed by atoms with E-state index in [0.717, 1.165) is 25.8 Å². The molecule has 2 aliphatic rings. The van der Waals surface area contributed by atoms with Gasteiger partial charge in [-0.05, 0) is 49.6 Å². The van der Waals surface area contributed by atoms with Crippen LogP contribution in [0.25, 0.3) is 0 Å². The number of amides is 2. The molecule has 4 nitrogen and oxygen atoms in total. The van der Waals surface area contributed by atoms with Crippen LogP contribution in [-0.4, -0.2) is 40.2 Å². The maximum Gasteiger partial charge on any atom is 0.246 e. The molecule has 0 radical (unpaired) electrons. The maximum atomic E-state index is 12.8. The van der Waals surface area contributed by atoms with Gasteiger partial charge in [-0.1, -0.05) is 6.92 Å². The smallest absolute Gasteiger partial charge is 0.246 e. The first-order valence-corrected chi connectivity index (χ1v) is 8.65. The van der Waals surface area contributed by atoms with Crippen LogP contribution in [0.4, 0.5) is 0 Å². The van der Waals surface area contributed by atoms with Crippen LogP contribution in [0, 0.1) is 6.92 Å². The normalized spacial score (nSPS) is 26.2. The van der Waals surface area contributed by atoms with E-state index in [1.165, 1.54) is 10.4 Å². The summed E-state index contributed by atoms with van der Waals surface area (Å²) in [5.74, 6) is 0.296. The standard InChI is InChI=1S/C16H22N2O2S/c1-3-12-15(19)17-8-5-4-6-13(17)16(20)18(12)10-14-11(2)7-9-21-14/h7,9,12-13H,3-6,8,10H2,1-2H3. The molecule has 3 rings (SSSR count). The van der Waals surface area contributed by atoms with Gasteiger partial charge in [-0.15, -0.1) is 11.3 Å². The summed E-state index contributed by atoms with van der Waals surface area (Å²) in [6.07, 6.45) is 3.58. The molecule has 114 valence electrons. The highest BCUT2D eigenvalue weighted by Gasteiger charge is 2.45. The highest BCUT2D eigenvalue weighted by atomic mass is 32.1. The quantitative estimate of drug-likeness (QED) is 0.861. The van der Waals surface area contributed by atoms with Crippen molar-refractivity contribution in [2.75, 3.05) is 6.54 Å². The van der Waals surface area contributed by atoms with Crippen LogP contribution in [0.3, 0.4) is 0 Å². The van der Waals surface area contributed by atoms with Crippen LogP contribution < -0.4 is 0 Å². The van der Waals surface area contributed by atoms with Gasteiger partial charge in [0.05, 0.1) is 6.54 Å². The summed E-state index contributed by atoms with van der Waals surface area (Å²) < 4.78 is 0. The van der Waals surface area contributed by atoms with Crippen LogP contribution in [-0.2, 0) is 16.1 Å². The van der Waals surface area contributed by atoms with Crippen molar-refractivity contribution >= 4 is 23.2 Å². The van der Waals surface area contributed by atoms with Gasteiger partial charge in [0.2, 0.25) is 11.8 Å². The third kappa shape index (κ3) is 2.48. The number of rotatable bonds is 3. The van der Waals surface area contributed by atoms with E-state index >= 15 is 0 Å². The number of carbonyl (C=O) groups excluding carboxylic acids is 2. The lowest BCUT2D eigenvalue weighted by Crippen LogP contribution is -2.65. The lowest BCUT2D eigenvalue weighted by Gasteiger charge is -2.46. The summed E-state index contributed by atoms with van der Waals surface area (Å²) in [6, 6.07) is 1.58. The van der Waals surface area contributed by atoms with Gasteiger partial charge in [0.1, 0.15) is 12.1 Å². The average molecular weight is 306 g/mol. The van der Waals surface area contributed by atoms with Gasteiger partial charge in [-0.2, -0.15) is 0 Å². The van der Waals surface area contributed by atoms with E-state index in [1.54, 1.807) is 11.3 Å². The van der Waals surface area contributed by atoms with E-state index in [4.69, 9.17) is 0 Å². The van der Waals surface area contributed by atoms with E-state index in [2.05, 4.69) is 18.4 Å². The zero-order valence-corrected chi connectivity index (χ0v) is 13.5. The molecule has 5 heteroatoms. The Balaban J connectivity index is 1.88. The van der Waals surface area contributed by atoms with Crippen molar-refractivity contribution in [2.45, 2.75) is 58.2 Å². The number of piperidine rings is 1. The van der Waals surface area contributed by atoms with E-state index in [1.807, 2.05) is 16.7 Å². The molecule has 1 aromatic heterocycles. The molecule has 2 aliphatic heterocycles. The number of aryl methyl sites for hydroxylation is 1. The minimum Gasteiger partial charge on any atom is -0.329 e. The van der Waals surface area contributed by atoms with Crippen molar-refractivity contribution < 1.29 is 9.59 Å². The zero-order chi connectivity index (χ0) is 15.0. The second-order valence-corrected chi connectivity index (χ2v) is 6.96. The predicted molar refractivity (Wildman–Crippen MR) is 83.0 cm³/mol. The molecule has 0 saturated carbocycles. The molecule has 2 fully saturated rings.